The Labute approximate surface area is 73.1 Å². The quantitative estimate of drug-likeness (QED) is 0.721. The number of aromatic nitrogens is 1. The van der Waals surface area contributed by atoms with Crippen LogP contribution < -0.4 is 4.74 Å². The fraction of sp³-hybridized carbons (Fsp3) is 0.286. The van der Waals surface area contributed by atoms with Gasteiger partial charge in [-0.05, 0) is 12.1 Å². The molecule has 0 amide bonds. The zero-order valence-electron chi connectivity index (χ0n) is 6.22. The van der Waals surface area contributed by atoms with Gasteiger partial charge in [-0.15, -0.1) is 0 Å². The standard InChI is InChI=1S/C7H6ClF2NO/c1-12-7-4(8)2-3-5(11-7)6(9)10/h2-3,6H,1H3. The minimum atomic E-state index is -2.60. The molecule has 1 heterocycles. The normalized spacial score (nSPS) is 10.4. The molecule has 2 nitrogen and oxygen atoms in total. The van der Waals surface area contributed by atoms with Crippen molar-refractivity contribution < 1.29 is 13.5 Å². The second-order valence-corrected chi connectivity index (χ2v) is 2.44. The number of nitrogens with zero attached hydrogens (tertiary/aromatic N) is 1. The van der Waals surface area contributed by atoms with Gasteiger partial charge in [-0.3, -0.25) is 0 Å². The van der Waals surface area contributed by atoms with Crippen molar-refractivity contribution in [3.8, 4) is 5.88 Å². The van der Waals surface area contributed by atoms with Gasteiger partial charge in [0, 0.05) is 0 Å². The van der Waals surface area contributed by atoms with E-state index in [9.17, 15) is 8.78 Å². The van der Waals surface area contributed by atoms with E-state index in [-0.39, 0.29) is 16.6 Å². The molecule has 0 spiro atoms. The van der Waals surface area contributed by atoms with Crippen molar-refractivity contribution in [3.63, 3.8) is 0 Å². The molecule has 0 atom stereocenters. The number of pyridine rings is 1. The minimum Gasteiger partial charge on any atom is -0.480 e. The fourth-order valence-corrected chi connectivity index (χ4v) is 0.885. The van der Waals surface area contributed by atoms with E-state index in [2.05, 4.69) is 9.72 Å². The van der Waals surface area contributed by atoms with Gasteiger partial charge in [0.1, 0.15) is 10.7 Å². The molecule has 0 bridgehead atoms. The maximum atomic E-state index is 12.1. The molecule has 1 aromatic heterocycles. The lowest BCUT2D eigenvalue weighted by molar-refractivity contribution is 0.145. The lowest BCUT2D eigenvalue weighted by Gasteiger charge is -2.03. The highest BCUT2D eigenvalue weighted by molar-refractivity contribution is 6.31. The molecule has 0 saturated carbocycles. The molecule has 0 aliphatic heterocycles. The average molecular weight is 194 g/mol. The lowest BCUT2D eigenvalue weighted by atomic mass is 10.3. The van der Waals surface area contributed by atoms with E-state index in [0.717, 1.165) is 6.07 Å². The van der Waals surface area contributed by atoms with Crippen molar-refractivity contribution in [1.82, 2.24) is 4.98 Å². The highest BCUT2D eigenvalue weighted by Gasteiger charge is 2.11. The third kappa shape index (κ3) is 1.82. The Kier molecular flexibility index (Phi) is 2.81. The van der Waals surface area contributed by atoms with Gasteiger partial charge in [-0.25, -0.2) is 13.8 Å². The Hall–Kier alpha value is -0.900. The number of methoxy groups -OCH3 is 1. The smallest absolute Gasteiger partial charge is 0.280 e. The molecule has 12 heavy (non-hydrogen) atoms. The largest absolute Gasteiger partial charge is 0.480 e. The van der Waals surface area contributed by atoms with Gasteiger partial charge in [0.15, 0.2) is 0 Å². The molecule has 0 aliphatic rings. The molecule has 5 heteroatoms. The van der Waals surface area contributed by atoms with Gasteiger partial charge >= 0.3 is 0 Å². The van der Waals surface area contributed by atoms with E-state index in [1.807, 2.05) is 0 Å². The van der Waals surface area contributed by atoms with Crippen LogP contribution in [0, 0.1) is 0 Å². The number of halogens is 3. The number of hydrogen-bond donors (Lipinski definition) is 0. The van der Waals surface area contributed by atoms with E-state index in [4.69, 9.17) is 11.6 Å². The molecule has 0 radical (unpaired) electrons. The third-order valence-corrected chi connectivity index (χ3v) is 1.54. The molecule has 1 rings (SSSR count). The number of alkyl halides is 2. The molecular formula is C7H6ClF2NO. The first-order chi connectivity index (χ1) is 5.65. The maximum absolute atomic E-state index is 12.1. The Morgan fingerprint density at radius 3 is 2.67 bits per heavy atom. The summed E-state index contributed by atoms with van der Waals surface area (Å²) in [5.74, 6) is 0.0227. The lowest BCUT2D eigenvalue weighted by Crippen LogP contribution is -1.94. The van der Waals surface area contributed by atoms with Gasteiger partial charge in [-0.1, -0.05) is 11.6 Å². The number of hydrogen-bond acceptors (Lipinski definition) is 2. The van der Waals surface area contributed by atoms with Crippen LogP contribution in [-0.4, -0.2) is 12.1 Å². The first-order valence-electron chi connectivity index (χ1n) is 3.13. The van der Waals surface area contributed by atoms with Gasteiger partial charge < -0.3 is 4.74 Å². The van der Waals surface area contributed by atoms with E-state index < -0.39 is 6.43 Å². The second kappa shape index (κ2) is 3.67. The highest BCUT2D eigenvalue weighted by Crippen LogP contribution is 2.25. The summed E-state index contributed by atoms with van der Waals surface area (Å²) in [6.45, 7) is 0. The molecule has 0 saturated heterocycles. The summed E-state index contributed by atoms with van der Waals surface area (Å²) in [6, 6.07) is 2.49. The summed E-state index contributed by atoms with van der Waals surface area (Å²) in [6.07, 6.45) is -2.60. The van der Waals surface area contributed by atoms with E-state index >= 15 is 0 Å². The van der Waals surface area contributed by atoms with Gasteiger partial charge in [0.25, 0.3) is 6.43 Å². The van der Waals surface area contributed by atoms with Crippen LogP contribution in [0.25, 0.3) is 0 Å². The highest BCUT2D eigenvalue weighted by atomic mass is 35.5. The van der Waals surface area contributed by atoms with E-state index in [1.165, 1.54) is 13.2 Å². The van der Waals surface area contributed by atoms with Gasteiger partial charge in [-0.2, -0.15) is 0 Å². The molecule has 0 unspecified atom stereocenters. The minimum absolute atomic E-state index is 0.0227. The molecule has 0 N–H and O–H groups in total. The second-order valence-electron chi connectivity index (χ2n) is 2.03. The summed E-state index contributed by atoms with van der Waals surface area (Å²) in [7, 11) is 1.32. The van der Waals surface area contributed by atoms with Crippen molar-refractivity contribution in [2.45, 2.75) is 6.43 Å². The SMILES string of the molecule is COc1nc(C(F)F)ccc1Cl. The summed E-state index contributed by atoms with van der Waals surface area (Å²) >= 11 is 5.57. The monoisotopic (exact) mass is 193 g/mol. The average Bonchev–Trinajstić information content (AvgIpc) is 2.05. The van der Waals surface area contributed by atoms with Crippen LogP contribution in [0.1, 0.15) is 12.1 Å². The van der Waals surface area contributed by atoms with Crippen LogP contribution in [0.2, 0.25) is 5.02 Å². The molecule has 0 aromatic carbocycles. The molecule has 66 valence electrons. The van der Waals surface area contributed by atoms with Crippen molar-refractivity contribution in [3.05, 3.63) is 22.8 Å². The van der Waals surface area contributed by atoms with Crippen molar-refractivity contribution in [2.24, 2.45) is 0 Å². The number of rotatable bonds is 2. The summed E-state index contributed by atoms with van der Waals surface area (Å²) in [5.41, 5.74) is -0.337. The summed E-state index contributed by atoms with van der Waals surface area (Å²) < 4.78 is 28.8. The zero-order valence-corrected chi connectivity index (χ0v) is 6.98. The van der Waals surface area contributed by atoms with Crippen molar-refractivity contribution in [1.29, 1.82) is 0 Å². The number of ether oxygens (including phenoxy) is 1. The van der Waals surface area contributed by atoms with Crippen LogP contribution in [0.3, 0.4) is 0 Å². The predicted octanol–water partition coefficient (Wildman–Crippen LogP) is 2.68. The topological polar surface area (TPSA) is 22.1 Å². The Balaban J connectivity index is 3.05. The molecular weight excluding hydrogens is 188 g/mol. The summed E-state index contributed by atoms with van der Waals surface area (Å²) in [4.78, 5) is 3.49. The van der Waals surface area contributed by atoms with Crippen LogP contribution in [0.15, 0.2) is 12.1 Å². The Morgan fingerprint density at radius 2 is 2.17 bits per heavy atom. The predicted molar refractivity (Wildman–Crippen MR) is 40.8 cm³/mol. The summed E-state index contributed by atoms with van der Waals surface area (Å²) in [5, 5.41) is 0.224. The maximum Gasteiger partial charge on any atom is 0.280 e. The van der Waals surface area contributed by atoms with Crippen LogP contribution in [0.4, 0.5) is 8.78 Å². The van der Waals surface area contributed by atoms with Crippen molar-refractivity contribution in [2.75, 3.05) is 7.11 Å². The first kappa shape index (κ1) is 9.19. The van der Waals surface area contributed by atoms with Crippen LogP contribution >= 0.6 is 11.6 Å². The van der Waals surface area contributed by atoms with Crippen molar-refractivity contribution >= 4 is 11.6 Å². The third-order valence-electron chi connectivity index (χ3n) is 1.25. The molecule has 0 aliphatic carbocycles. The Bertz CT molecular complexity index is 280. The van der Waals surface area contributed by atoms with Gasteiger partial charge in [0.2, 0.25) is 5.88 Å². The Morgan fingerprint density at radius 1 is 1.50 bits per heavy atom. The van der Waals surface area contributed by atoms with Gasteiger partial charge in [0.05, 0.1) is 7.11 Å². The first-order valence-corrected chi connectivity index (χ1v) is 3.51. The van der Waals surface area contributed by atoms with Crippen LogP contribution in [-0.2, 0) is 0 Å². The zero-order chi connectivity index (χ0) is 9.14. The van der Waals surface area contributed by atoms with Crippen LogP contribution in [0.5, 0.6) is 5.88 Å². The van der Waals surface area contributed by atoms with E-state index in [1.54, 1.807) is 0 Å². The molecule has 0 fully saturated rings. The molecule has 1 aromatic rings. The fourth-order valence-electron chi connectivity index (χ4n) is 0.702. The van der Waals surface area contributed by atoms with E-state index in [0.29, 0.717) is 0 Å².